The van der Waals surface area contributed by atoms with Gasteiger partial charge in [-0.25, -0.2) is 9.13 Å². The number of fused-ring (bicyclic) bond motifs is 1. The van der Waals surface area contributed by atoms with Gasteiger partial charge in [-0.15, -0.1) is 0 Å². The highest BCUT2D eigenvalue weighted by atomic mass is 16.1. The summed E-state index contributed by atoms with van der Waals surface area (Å²) in [5.74, 6) is 1.25. The van der Waals surface area contributed by atoms with Gasteiger partial charge in [0, 0.05) is 11.3 Å². The average molecular weight is 346 g/mol. The zero-order chi connectivity index (χ0) is 18.1. The number of rotatable bonds is 4. The van der Waals surface area contributed by atoms with E-state index in [2.05, 4.69) is 51.0 Å². The number of carbonyl (C=O) groups is 1. The predicted octanol–water partition coefficient (Wildman–Crippen LogP) is 3.64. The molecule has 132 valence electrons. The summed E-state index contributed by atoms with van der Waals surface area (Å²) in [7, 11) is 0. The molecule has 26 heavy (non-hydrogen) atoms. The Morgan fingerprint density at radius 2 is 1.96 bits per heavy atom. The van der Waals surface area contributed by atoms with Gasteiger partial charge in [-0.3, -0.25) is 4.79 Å². The zero-order valence-corrected chi connectivity index (χ0v) is 15.3. The molecule has 1 N–H and O–H groups in total. The van der Waals surface area contributed by atoms with Crippen LogP contribution in [0.25, 0.3) is 11.3 Å². The quantitative estimate of drug-likeness (QED) is 0.720. The minimum absolute atomic E-state index is 0.0172. The van der Waals surface area contributed by atoms with E-state index in [-0.39, 0.29) is 5.91 Å². The predicted molar refractivity (Wildman–Crippen MR) is 103 cm³/mol. The molecule has 4 rings (SSSR count). The summed E-state index contributed by atoms with van der Waals surface area (Å²) >= 11 is 0. The molecule has 0 unspecified atom stereocenters. The molecule has 0 atom stereocenters. The maximum atomic E-state index is 12.6. The molecule has 0 bridgehead atoms. The van der Waals surface area contributed by atoms with Crippen LogP contribution in [-0.2, 0) is 24.3 Å². The first-order chi connectivity index (χ1) is 12.6. The van der Waals surface area contributed by atoms with Crippen molar-refractivity contribution < 1.29 is 9.36 Å². The third-order valence-corrected chi connectivity index (χ3v) is 5.04. The maximum Gasteiger partial charge on any atom is 0.266 e. The summed E-state index contributed by atoms with van der Waals surface area (Å²) in [5, 5.41) is 3.07. The highest BCUT2D eigenvalue weighted by Crippen LogP contribution is 2.24. The number of aryl methyl sites for hydroxylation is 2. The molecule has 0 fully saturated rings. The summed E-state index contributed by atoms with van der Waals surface area (Å²) in [6, 6.07) is 16.5. The molecule has 0 aliphatic carbocycles. The largest absolute Gasteiger partial charge is 0.322 e. The lowest BCUT2D eigenvalue weighted by molar-refractivity contribution is -0.690. The highest BCUT2D eigenvalue weighted by molar-refractivity contribution is 5.90. The van der Waals surface area contributed by atoms with E-state index in [9.17, 15) is 4.79 Å². The van der Waals surface area contributed by atoms with Crippen LogP contribution in [0, 0.1) is 13.8 Å². The van der Waals surface area contributed by atoms with Crippen LogP contribution in [0.2, 0.25) is 0 Å². The van der Waals surface area contributed by atoms with Gasteiger partial charge in [-0.05, 0) is 37.5 Å². The molecule has 1 aliphatic heterocycles. The first kappa shape index (κ1) is 16.6. The Bertz CT molecular complexity index is 957. The van der Waals surface area contributed by atoms with Crippen molar-refractivity contribution in [3.8, 4) is 11.3 Å². The number of benzene rings is 2. The van der Waals surface area contributed by atoms with Gasteiger partial charge in [0.05, 0.1) is 13.0 Å². The van der Waals surface area contributed by atoms with Crippen LogP contribution in [0.4, 0.5) is 5.69 Å². The van der Waals surface area contributed by atoms with Crippen molar-refractivity contribution in [1.29, 1.82) is 0 Å². The molecule has 0 spiro atoms. The van der Waals surface area contributed by atoms with Gasteiger partial charge in [0.2, 0.25) is 0 Å². The van der Waals surface area contributed by atoms with Gasteiger partial charge in [0.1, 0.15) is 6.20 Å². The summed E-state index contributed by atoms with van der Waals surface area (Å²) in [4.78, 5) is 12.6. The number of hydrogen-bond donors (Lipinski definition) is 1. The number of imidazole rings is 1. The number of nitrogens with zero attached hydrogens (tertiary/aromatic N) is 2. The minimum atomic E-state index is 0.0172. The molecule has 0 radical (unpaired) electrons. The Kier molecular flexibility index (Phi) is 4.33. The van der Waals surface area contributed by atoms with Gasteiger partial charge in [0.15, 0.2) is 12.2 Å². The second kappa shape index (κ2) is 6.79. The van der Waals surface area contributed by atoms with Crippen molar-refractivity contribution in [2.24, 2.45) is 0 Å². The molecular weight excluding hydrogens is 322 g/mol. The van der Waals surface area contributed by atoms with E-state index >= 15 is 0 Å². The maximum absolute atomic E-state index is 12.6. The molecule has 1 aromatic heterocycles. The summed E-state index contributed by atoms with van der Waals surface area (Å²) in [6.45, 7) is 5.42. The fourth-order valence-corrected chi connectivity index (χ4v) is 3.70. The molecule has 1 aliphatic rings. The fourth-order valence-electron chi connectivity index (χ4n) is 3.70. The van der Waals surface area contributed by atoms with Crippen molar-refractivity contribution in [1.82, 2.24) is 4.57 Å². The third kappa shape index (κ3) is 3.15. The van der Waals surface area contributed by atoms with Gasteiger partial charge in [0.25, 0.3) is 11.7 Å². The van der Waals surface area contributed by atoms with Crippen LogP contribution in [-0.4, -0.2) is 10.5 Å². The van der Waals surface area contributed by atoms with Crippen LogP contribution in [0.5, 0.6) is 0 Å². The van der Waals surface area contributed by atoms with Crippen molar-refractivity contribution in [3.05, 3.63) is 71.7 Å². The first-order valence-electron chi connectivity index (χ1n) is 9.16. The number of aromatic nitrogens is 2. The molecule has 2 heterocycles. The summed E-state index contributed by atoms with van der Waals surface area (Å²) in [6.07, 6.45) is 4.27. The minimum Gasteiger partial charge on any atom is -0.322 e. The first-order valence-corrected chi connectivity index (χ1v) is 9.16. The Balaban J connectivity index is 1.59. The second-order valence-corrected chi connectivity index (χ2v) is 7.05. The van der Waals surface area contributed by atoms with Gasteiger partial charge in [-0.2, -0.15) is 0 Å². The van der Waals surface area contributed by atoms with E-state index in [0.717, 1.165) is 36.2 Å². The molecule has 0 saturated carbocycles. The average Bonchev–Trinajstić information content (AvgIpc) is 3.23. The molecule has 4 nitrogen and oxygen atoms in total. The van der Waals surface area contributed by atoms with Crippen LogP contribution in [0.3, 0.4) is 0 Å². The molecule has 2 aromatic carbocycles. The molecular formula is C22H24N3O+. The number of nitrogens with one attached hydrogen (secondary N) is 1. The Labute approximate surface area is 154 Å². The van der Waals surface area contributed by atoms with Crippen molar-refractivity contribution in [3.63, 3.8) is 0 Å². The van der Waals surface area contributed by atoms with Gasteiger partial charge in [-0.1, -0.05) is 42.5 Å². The Morgan fingerprint density at radius 1 is 1.15 bits per heavy atom. The van der Waals surface area contributed by atoms with Crippen molar-refractivity contribution in [2.45, 2.75) is 39.8 Å². The number of hydrogen-bond acceptors (Lipinski definition) is 1. The fraction of sp³-hybridized carbons (Fsp3) is 0.273. The van der Waals surface area contributed by atoms with E-state index in [1.165, 1.54) is 17.1 Å². The molecule has 1 amide bonds. The lowest BCUT2D eigenvalue weighted by atomic mass is 10.1. The van der Waals surface area contributed by atoms with Crippen LogP contribution < -0.4 is 9.88 Å². The molecule has 0 saturated heterocycles. The standard InChI is InChI=1S/C22H23N3O/c1-16-10-11-17(2)19(13-16)23-21(26)15-24-14-20(18-7-4-3-5-8-18)25-12-6-9-22(24)25/h3-5,7-8,10-11,13-14H,6,9,12,15H2,1-2H3/p+1. The third-order valence-electron chi connectivity index (χ3n) is 5.04. The zero-order valence-electron chi connectivity index (χ0n) is 15.3. The number of anilines is 1. The van der Waals surface area contributed by atoms with Crippen LogP contribution >= 0.6 is 0 Å². The summed E-state index contributed by atoms with van der Waals surface area (Å²) in [5.41, 5.74) is 5.52. The normalized spacial score (nSPS) is 12.8. The topological polar surface area (TPSA) is 37.9 Å². The van der Waals surface area contributed by atoms with E-state index in [4.69, 9.17) is 0 Å². The van der Waals surface area contributed by atoms with E-state index in [1.807, 2.05) is 32.0 Å². The Morgan fingerprint density at radius 3 is 2.77 bits per heavy atom. The monoisotopic (exact) mass is 346 g/mol. The SMILES string of the molecule is Cc1ccc(C)c(NC(=O)C[n+]2cc(-c3ccccc3)n3c2CCC3)c1. The van der Waals surface area contributed by atoms with E-state index < -0.39 is 0 Å². The molecule has 3 aromatic rings. The lowest BCUT2D eigenvalue weighted by Crippen LogP contribution is -2.42. The highest BCUT2D eigenvalue weighted by Gasteiger charge is 2.29. The van der Waals surface area contributed by atoms with Gasteiger partial charge >= 0.3 is 0 Å². The van der Waals surface area contributed by atoms with E-state index in [1.54, 1.807) is 0 Å². The van der Waals surface area contributed by atoms with Gasteiger partial charge < -0.3 is 5.32 Å². The van der Waals surface area contributed by atoms with E-state index in [0.29, 0.717) is 6.54 Å². The molecule has 4 heteroatoms. The number of carbonyl (C=O) groups excluding carboxylic acids is 1. The Hall–Kier alpha value is -2.88. The number of amides is 1. The van der Waals surface area contributed by atoms with Crippen molar-refractivity contribution >= 4 is 11.6 Å². The second-order valence-electron chi connectivity index (χ2n) is 7.05. The van der Waals surface area contributed by atoms with Crippen LogP contribution in [0.1, 0.15) is 23.4 Å². The van der Waals surface area contributed by atoms with Crippen LogP contribution in [0.15, 0.2) is 54.7 Å². The lowest BCUT2D eigenvalue weighted by Gasteiger charge is -2.08. The smallest absolute Gasteiger partial charge is 0.266 e. The van der Waals surface area contributed by atoms with Crippen molar-refractivity contribution in [2.75, 3.05) is 5.32 Å². The summed E-state index contributed by atoms with van der Waals surface area (Å²) < 4.78 is 4.45.